The van der Waals surface area contributed by atoms with Crippen LogP contribution in [0.3, 0.4) is 0 Å². The van der Waals surface area contributed by atoms with Crippen LogP contribution in [-0.2, 0) is 37.5 Å². The molecule has 1 aliphatic rings. The van der Waals surface area contributed by atoms with Crippen LogP contribution in [0.5, 0.6) is 0 Å². The molecule has 4 atom stereocenters. The second-order valence-corrected chi connectivity index (χ2v) is 16.3. The molecule has 0 aromatic carbocycles. The number of phosphoric ester groups is 1. The molecule has 0 heterocycles. The summed E-state index contributed by atoms with van der Waals surface area (Å²) in [4.78, 5) is 49.6. The van der Waals surface area contributed by atoms with Gasteiger partial charge in [-0.1, -0.05) is 153 Å². The number of esters is 2. The van der Waals surface area contributed by atoms with Gasteiger partial charge in [-0.15, -0.1) is 0 Å². The molecule has 0 aromatic rings. The Bertz CT molecular complexity index is 1220. The Labute approximate surface area is 366 Å². The molecular weight excluding hydrogens is 758 g/mol. The smallest absolute Gasteiger partial charge is 0.756 e. The van der Waals surface area contributed by atoms with Gasteiger partial charge in [-0.2, -0.15) is 0 Å². The summed E-state index contributed by atoms with van der Waals surface area (Å²) in [5, 5.41) is 18.3. The summed E-state index contributed by atoms with van der Waals surface area (Å²) in [6.07, 6.45) is 35.5. The maximum absolute atomic E-state index is 12.7. The molecule has 0 fully saturated rings. The van der Waals surface area contributed by atoms with Gasteiger partial charge < -0.3 is 33.6 Å². The third-order valence-corrected chi connectivity index (χ3v) is 10.6. The summed E-state index contributed by atoms with van der Waals surface area (Å²) in [5.74, 6) is -1.04. The average Bonchev–Trinajstić information content (AvgIpc) is 3.54. The molecule has 0 bridgehead atoms. The first kappa shape index (κ1) is 55.6. The Morgan fingerprint density at radius 3 is 1.91 bits per heavy atom. The number of rotatable bonds is 37. The molecule has 57 heavy (non-hydrogen) atoms. The molecule has 2 N–H and O–H groups in total. The normalized spacial score (nSPS) is 17.0. The first-order chi connectivity index (χ1) is 27.1. The van der Waals surface area contributed by atoms with Gasteiger partial charge in [0.15, 0.2) is 11.9 Å². The minimum Gasteiger partial charge on any atom is -0.756 e. The summed E-state index contributed by atoms with van der Waals surface area (Å²) in [6.45, 7) is 1.97. The fourth-order valence-electron chi connectivity index (χ4n) is 6.20. The number of phosphoric acid groups is 1. The topological polar surface area (TPSA) is 169 Å². The molecule has 1 aliphatic carbocycles. The van der Waals surface area contributed by atoms with Crippen molar-refractivity contribution in [3.8, 4) is 0 Å². The molecule has 0 aromatic heterocycles. The van der Waals surface area contributed by atoms with Crippen molar-refractivity contribution in [1.82, 2.24) is 0 Å². The molecular formula is C44H74NaO11P. The molecule has 0 saturated carbocycles. The van der Waals surface area contributed by atoms with Gasteiger partial charge in [-0.05, 0) is 44.6 Å². The third kappa shape index (κ3) is 32.1. The Morgan fingerprint density at radius 1 is 0.754 bits per heavy atom. The number of unbranched alkanes of at least 4 members (excludes halogenated alkanes) is 18. The number of carbonyl (C=O) groups excluding carboxylic acids is 3. The van der Waals surface area contributed by atoms with E-state index in [4.69, 9.17) is 19.1 Å². The van der Waals surface area contributed by atoms with Crippen molar-refractivity contribution < 1.29 is 82.1 Å². The number of carbonyl (C=O) groups is 3. The zero-order valence-electron chi connectivity index (χ0n) is 35.6. The number of aliphatic hydroxyl groups excluding tert-OH is 2. The number of allylic oxidation sites excluding steroid dienone is 8. The van der Waals surface area contributed by atoms with E-state index in [2.05, 4.69) is 24.4 Å². The van der Waals surface area contributed by atoms with Crippen LogP contribution in [0.15, 0.2) is 48.1 Å². The van der Waals surface area contributed by atoms with Crippen molar-refractivity contribution in [3.63, 3.8) is 0 Å². The van der Waals surface area contributed by atoms with Crippen molar-refractivity contribution in [3.05, 3.63) is 48.1 Å². The number of ketones is 1. The molecule has 0 saturated heterocycles. The van der Waals surface area contributed by atoms with Crippen LogP contribution in [0.1, 0.15) is 168 Å². The average molecular weight is 833 g/mol. The Kier molecular flexibility index (Phi) is 36.7. The van der Waals surface area contributed by atoms with Gasteiger partial charge in [0.05, 0.1) is 19.8 Å². The first-order valence-electron chi connectivity index (χ1n) is 21.6. The Hall–Kier alpha value is -1.40. The standard InChI is InChI=1S/C44H75O11P.Na/c1-3-5-7-9-11-12-13-14-15-16-17-18-19-21-26-30-43(48)52-36-40(37-54-56(50,51)53-35-39(46)34-45)55-44(49)31-27-23-22-24-28-38-32-33-42(47)41(38)29-25-20-10-8-6-4-2;/h20,22,24-25,29,32-33,38-40,45-46H,3-19,21,23,26-28,30-31,34-37H2,1-2H3,(H,50,51);/q;+1/p-1/b24-22+,25-20+,41-29-;/t38-,39+,40-;/m1./s1. The van der Waals surface area contributed by atoms with Gasteiger partial charge >= 0.3 is 41.5 Å². The van der Waals surface area contributed by atoms with Gasteiger partial charge in [0.2, 0.25) is 0 Å². The number of hydrogen-bond donors (Lipinski definition) is 2. The monoisotopic (exact) mass is 832 g/mol. The van der Waals surface area contributed by atoms with E-state index in [1.807, 2.05) is 30.4 Å². The SMILES string of the molecule is CCCCC/C=C/C=C1\C(=O)C=C[C@H]1C/C=C/CCCC(=O)O[C@H](COC(=O)CCCCCCCCCCCCCCCCC)COP(=O)([O-])OC[C@@H](O)CO.[Na+]. The summed E-state index contributed by atoms with van der Waals surface area (Å²) >= 11 is 0. The van der Waals surface area contributed by atoms with Crippen molar-refractivity contribution in [2.75, 3.05) is 26.4 Å². The van der Waals surface area contributed by atoms with Crippen LogP contribution in [0.4, 0.5) is 0 Å². The van der Waals surface area contributed by atoms with Crippen molar-refractivity contribution in [2.45, 2.75) is 180 Å². The summed E-state index contributed by atoms with van der Waals surface area (Å²) in [7, 11) is -4.91. The predicted molar refractivity (Wildman–Crippen MR) is 220 cm³/mol. The molecule has 0 amide bonds. The second-order valence-electron chi connectivity index (χ2n) is 14.8. The minimum absolute atomic E-state index is 0. The van der Waals surface area contributed by atoms with E-state index in [9.17, 15) is 28.9 Å². The zero-order chi connectivity index (χ0) is 41.1. The van der Waals surface area contributed by atoms with Crippen LogP contribution >= 0.6 is 7.82 Å². The van der Waals surface area contributed by atoms with Crippen molar-refractivity contribution in [2.24, 2.45) is 5.92 Å². The summed E-state index contributed by atoms with van der Waals surface area (Å²) < 4.78 is 32.3. The van der Waals surface area contributed by atoms with E-state index in [0.717, 1.165) is 37.7 Å². The molecule has 322 valence electrons. The zero-order valence-corrected chi connectivity index (χ0v) is 38.5. The number of hydrogen-bond acceptors (Lipinski definition) is 11. The van der Waals surface area contributed by atoms with Gasteiger partial charge in [0.25, 0.3) is 7.82 Å². The van der Waals surface area contributed by atoms with Gasteiger partial charge in [-0.25, -0.2) is 0 Å². The molecule has 0 spiro atoms. The van der Waals surface area contributed by atoms with Crippen LogP contribution in [0.25, 0.3) is 0 Å². The number of ether oxygens (including phenoxy) is 2. The van der Waals surface area contributed by atoms with Gasteiger partial charge in [-0.3, -0.25) is 18.9 Å². The van der Waals surface area contributed by atoms with Crippen LogP contribution in [-0.4, -0.2) is 66.6 Å². The first-order valence-corrected chi connectivity index (χ1v) is 23.1. The largest absolute Gasteiger partial charge is 1.00 e. The van der Waals surface area contributed by atoms with E-state index < -0.39 is 51.8 Å². The number of aliphatic hydroxyl groups is 2. The van der Waals surface area contributed by atoms with Crippen molar-refractivity contribution >= 4 is 25.5 Å². The fraction of sp³-hybridized carbons (Fsp3) is 0.750. The molecule has 0 radical (unpaired) electrons. The Morgan fingerprint density at radius 2 is 1.30 bits per heavy atom. The molecule has 11 nitrogen and oxygen atoms in total. The maximum atomic E-state index is 12.7. The molecule has 0 aliphatic heterocycles. The van der Waals surface area contributed by atoms with Crippen LogP contribution in [0, 0.1) is 5.92 Å². The van der Waals surface area contributed by atoms with Crippen LogP contribution in [0.2, 0.25) is 0 Å². The Balaban J connectivity index is 0.0000314. The quantitative estimate of drug-likeness (QED) is 0.0175. The summed E-state index contributed by atoms with van der Waals surface area (Å²) in [5.41, 5.74) is 0.770. The van der Waals surface area contributed by atoms with Crippen LogP contribution < -0.4 is 34.5 Å². The fourth-order valence-corrected chi connectivity index (χ4v) is 6.98. The van der Waals surface area contributed by atoms with Gasteiger partial charge in [0.1, 0.15) is 12.7 Å². The van der Waals surface area contributed by atoms with E-state index in [-0.39, 0.29) is 60.7 Å². The molecule has 1 rings (SSSR count). The third-order valence-electron chi connectivity index (χ3n) is 9.63. The van der Waals surface area contributed by atoms with E-state index in [1.165, 1.54) is 83.5 Å². The maximum Gasteiger partial charge on any atom is 1.00 e. The van der Waals surface area contributed by atoms with E-state index in [0.29, 0.717) is 25.7 Å². The van der Waals surface area contributed by atoms with Gasteiger partial charge in [0, 0.05) is 24.3 Å². The minimum atomic E-state index is -4.91. The predicted octanol–water partition coefficient (Wildman–Crippen LogP) is 6.50. The van der Waals surface area contributed by atoms with Crippen molar-refractivity contribution in [1.29, 1.82) is 0 Å². The second kappa shape index (κ2) is 37.6. The molecule has 13 heteroatoms. The van der Waals surface area contributed by atoms with E-state index in [1.54, 1.807) is 6.08 Å². The van der Waals surface area contributed by atoms with E-state index >= 15 is 0 Å². The summed E-state index contributed by atoms with van der Waals surface area (Å²) in [6, 6.07) is 0. The molecule has 1 unspecified atom stereocenters.